The lowest BCUT2D eigenvalue weighted by Crippen LogP contribution is -2.24. The quantitative estimate of drug-likeness (QED) is 0.845. The molecule has 7 nitrogen and oxygen atoms in total. The number of anilines is 1. The number of carbonyl (C=O) groups excluding carboxylic acids is 2. The fourth-order valence-corrected chi connectivity index (χ4v) is 2.27. The second kappa shape index (κ2) is 6.43. The number of hydrogen-bond acceptors (Lipinski definition) is 5. The number of rotatable bonds is 5. The summed E-state index contributed by atoms with van der Waals surface area (Å²) in [6.45, 7) is -1.18. The van der Waals surface area contributed by atoms with Crippen molar-refractivity contribution in [1.29, 1.82) is 0 Å². The van der Waals surface area contributed by atoms with Gasteiger partial charge in [0.1, 0.15) is 11.6 Å². The number of primary amides is 1. The molecule has 0 atom stereocenters. The molecule has 2 heterocycles. The molecule has 22 heavy (non-hydrogen) atoms. The van der Waals surface area contributed by atoms with Crippen LogP contribution >= 0.6 is 11.3 Å². The number of amides is 2. The predicted molar refractivity (Wildman–Crippen MR) is 75.2 cm³/mol. The van der Waals surface area contributed by atoms with Gasteiger partial charge >= 0.3 is 0 Å². The molecule has 0 fully saturated rings. The fraction of sp³-hybridized carbons (Fsp3) is 0.167. The van der Waals surface area contributed by atoms with Crippen LogP contribution in [-0.2, 0) is 6.54 Å². The topological polar surface area (TPSA) is 107 Å². The molecule has 0 aliphatic carbocycles. The largest absolute Gasteiger partial charge is 0.364 e. The van der Waals surface area contributed by atoms with Crippen molar-refractivity contribution < 1.29 is 18.4 Å². The maximum atomic E-state index is 13.4. The van der Waals surface area contributed by atoms with E-state index >= 15 is 0 Å². The molecule has 10 heteroatoms. The minimum Gasteiger partial charge on any atom is -0.364 e. The highest BCUT2D eigenvalue weighted by Crippen LogP contribution is 2.15. The summed E-state index contributed by atoms with van der Waals surface area (Å²) in [6.07, 6.45) is 2.27. The van der Waals surface area contributed by atoms with Crippen molar-refractivity contribution in [3.05, 3.63) is 44.5 Å². The fourth-order valence-electron chi connectivity index (χ4n) is 1.61. The maximum absolute atomic E-state index is 13.4. The van der Waals surface area contributed by atoms with Gasteiger partial charge in [0, 0.05) is 12.3 Å². The molecule has 3 N–H and O–H groups in total. The summed E-state index contributed by atoms with van der Waals surface area (Å²) < 4.78 is 26.6. The van der Waals surface area contributed by atoms with Gasteiger partial charge in [-0.3, -0.25) is 14.4 Å². The predicted octanol–water partition coefficient (Wildman–Crippen LogP) is 0.765. The van der Waals surface area contributed by atoms with Gasteiger partial charge in [-0.05, 0) is 0 Å². The van der Waals surface area contributed by atoms with Gasteiger partial charge in [-0.2, -0.15) is 0 Å². The Balaban J connectivity index is 2.24. The van der Waals surface area contributed by atoms with Gasteiger partial charge in [0.05, 0.1) is 18.4 Å². The van der Waals surface area contributed by atoms with Gasteiger partial charge in [0.25, 0.3) is 17.4 Å². The van der Waals surface area contributed by atoms with Crippen LogP contribution in [0.2, 0.25) is 0 Å². The lowest BCUT2D eigenvalue weighted by atomic mass is 10.3. The molecule has 0 saturated heterocycles. The van der Waals surface area contributed by atoms with E-state index in [1.54, 1.807) is 0 Å². The van der Waals surface area contributed by atoms with Crippen LogP contribution in [0.25, 0.3) is 0 Å². The molecule has 2 rings (SSSR count). The van der Waals surface area contributed by atoms with E-state index in [-0.39, 0.29) is 22.1 Å². The standard InChI is InChI=1S/C12H10F2N4O3S/c13-1-2-18-5-6(3-7(14)12(18)21)17-10(20)8-4-16-11(22-8)9(15)19/h3-5H,1-2H2,(H2,15,19)(H,17,20). The molecule has 2 aromatic heterocycles. The van der Waals surface area contributed by atoms with Crippen LogP contribution < -0.4 is 16.6 Å². The molecule has 0 aliphatic rings. The first-order valence-electron chi connectivity index (χ1n) is 5.95. The lowest BCUT2D eigenvalue weighted by Gasteiger charge is -2.08. The van der Waals surface area contributed by atoms with Crippen LogP contribution in [0.5, 0.6) is 0 Å². The summed E-state index contributed by atoms with van der Waals surface area (Å²) in [6, 6.07) is 0.824. The highest BCUT2D eigenvalue weighted by molar-refractivity contribution is 7.15. The van der Waals surface area contributed by atoms with Gasteiger partial charge < -0.3 is 15.6 Å². The summed E-state index contributed by atoms with van der Waals surface area (Å²) in [5.41, 5.74) is 4.02. The van der Waals surface area contributed by atoms with Gasteiger partial charge in [0.15, 0.2) is 10.8 Å². The monoisotopic (exact) mass is 328 g/mol. The van der Waals surface area contributed by atoms with E-state index in [0.717, 1.165) is 34.4 Å². The van der Waals surface area contributed by atoms with Crippen LogP contribution in [0.4, 0.5) is 14.5 Å². The molecule has 0 spiro atoms. The molecule has 0 aliphatic heterocycles. The number of hydrogen-bond donors (Lipinski definition) is 2. The normalized spacial score (nSPS) is 10.5. The molecule has 2 amide bonds. The number of halogens is 2. The number of aryl methyl sites for hydroxylation is 1. The van der Waals surface area contributed by atoms with Crippen molar-refractivity contribution in [3.63, 3.8) is 0 Å². The molecular weight excluding hydrogens is 318 g/mol. The van der Waals surface area contributed by atoms with Crippen molar-refractivity contribution in [2.45, 2.75) is 6.54 Å². The molecule has 0 radical (unpaired) electrons. The molecule has 0 saturated carbocycles. The number of nitrogens with two attached hydrogens (primary N) is 1. The first kappa shape index (κ1) is 15.8. The summed E-state index contributed by atoms with van der Waals surface area (Å²) in [7, 11) is 0. The first-order chi connectivity index (χ1) is 10.4. The van der Waals surface area contributed by atoms with E-state index in [0.29, 0.717) is 0 Å². The SMILES string of the molecule is NC(=O)c1ncc(C(=O)Nc2cc(F)c(=O)n(CCF)c2)s1. The zero-order valence-corrected chi connectivity index (χ0v) is 11.8. The molecule has 0 unspecified atom stereocenters. The molecule has 116 valence electrons. The van der Waals surface area contributed by atoms with Crippen LogP contribution in [0.1, 0.15) is 19.5 Å². The minimum atomic E-state index is -1.12. The second-order valence-electron chi connectivity index (χ2n) is 4.11. The zero-order chi connectivity index (χ0) is 16.3. The highest BCUT2D eigenvalue weighted by atomic mass is 32.1. The van der Waals surface area contributed by atoms with Crippen molar-refractivity contribution in [2.75, 3.05) is 12.0 Å². The average Bonchev–Trinajstić information content (AvgIpc) is 2.94. The molecular formula is C12H10F2N4O3S. The Kier molecular flexibility index (Phi) is 4.61. The van der Waals surface area contributed by atoms with Crippen molar-refractivity contribution in [2.24, 2.45) is 5.73 Å². The Morgan fingerprint density at radius 3 is 2.77 bits per heavy atom. The third kappa shape index (κ3) is 3.34. The lowest BCUT2D eigenvalue weighted by molar-refractivity contribution is 0.0997. The third-order valence-electron chi connectivity index (χ3n) is 2.57. The molecule has 2 aromatic rings. The Morgan fingerprint density at radius 1 is 1.45 bits per heavy atom. The van der Waals surface area contributed by atoms with Gasteiger partial charge in [-0.15, -0.1) is 11.3 Å². The van der Waals surface area contributed by atoms with Crippen molar-refractivity contribution in [3.8, 4) is 0 Å². The number of thiazole rings is 1. The van der Waals surface area contributed by atoms with Crippen molar-refractivity contribution in [1.82, 2.24) is 9.55 Å². The third-order valence-corrected chi connectivity index (χ3v) is 3.58. The van der Waals surface area contributed by atoms with Crippen LogP contribution in [0, 0.1) is 5.82 Å². The summed E-state index contributed by atoms with van der Waals surface area (Å²) in [4.78, 5) is 38.0. The van der Waals surface area contributed by atoms with E-state index < -0.39 is 29.9 Å². The van der Waals surface area contributed by atoms with Gasteiger partial charge in [0.2, 0.25) is 0 Å². The smallest absolute Gasteiger partial charge is 0.286 e. The van der Waals surface area contributed by atoms with E-state index in [1.807, 2.05) is 0 Å². The Labute approximate surface area is 126 Å². The average molecular weight is 328 g/mol. The van der Waals surface area contributed by atoms with Crippen LogP contribution in [-0.4, -0.2) is 28.0 Å². The molecule has 0 aromatic carbocycles. The van der Waals surface area contributed by atoms with E-state index in [1.165, 1.54) is 0 Å². The minimum absolute atomic E-state index is 0.0235. The molecule has 0 bridgehead atoms. The number of nitrogens with zero attached hydrogens (tertiary/aromatic N) is 2. The number of nitrogens with one attached hydrogen (secondary N) is 1. The van der Waals surface area contributed by atoms with E-state index in [4.69, 9.17) is 5.73 Å². The number of carbonyl (C=O) groups is 2. The highest BCUT2D eigenvalue weighted by Gasteiger charge is 2.15. The number of aromatic nitrogens is 2. The summed E-state index contributed by atoms with van der Waals surface area (Å²) in [5.74, 6) is -2.55. The Morgan fingerprint density at radius 2 is 2.18 bits per heavy atom. The van der Waals surface area contributed by atoms with Gasteiger partial charge in [-0.1, -0.05) is 0 Å². The maximum Gasteiger partial charge on any atom is 0.286 e. The Hall–Kier alpha value is -2.62. The first-order valence-corrected chi connectivity index (χ1v) is 6.77. The number of pyridine rings is 1. The number of alkyl halides is 1. The van der Waals surface area contributed by atoms with Crippen molar-refractivity contribution >= 4 is 28.8 Å². The zero-order valence-electron chi connectivity index (χ0n) is 11.0. The van der Waals surface area contributed by atoms with E-state index in [9.17, 15) is 23.2 Å². The van der Waals surface area contributed by atoms with E-state index in [2.05, 4.69) is 10.3 Å². The summed E-state index contributed by atoms with van der Waals surface area (Å²) in [5, 5.41) is 2.29. The second-order valence-corrected chi connectivity index (χ2v) is 5.14. The van der Waals surface area contributed by atoms with Gasteiger partial charge in [-0.25, -0.2) is 13.8 Å². The van der Waals surface area contributed by atoms with Crippen LogP contribution in [0.3, 0.4) is 0 Å². The summed E-state index contributed by atoms with van der Waals surface area (Å²) >= 11 is 0.770. The van der Waals surface area contributed by atoms with Crippen LogP contribution in [0.15, 0.2) is 23.3 Å². The Bertz CT molecular complexity index is 787.